The number of halogens is 1. The molecule has 1 saturated carbocycles. The highest BCUT2D eigenvalue weighted by atomic mass is 35.5. The minimum atomic E-state index is 0.0897. The van der Waals surface area contributed by atoms with Crippen molar-refractivity contribution in [2.45, 2.75) is 65.3 Å². The second-order valence-electron chi connectivity index (χ2n) is 8.31. The summed E-state index contributed by atoms with van der Waals surface area (Å²) in [4.78, 5) is 24.3. The summed E-state index contributed by atoms with van der Waals surface area (Å²) in [5, 5.41) is 4.74. The molecule has 1 fully saturated rings. The molecule has 1 aliphatic carbocycles. The Balaban J connectivity index is 1.90. The zero-order chi connectivity index (χ0) is 20.3. The van der Waals surface area contributed by atoms with Gasteiger partial charge in [-0.3, -0.25) is 4.79 Å². The Kier molecular flexibility index (Phi) is 6.76. The summed E-state index contributed by atoms with van der Waals surface area (Å²) in [6.45, 7) is 9.97. The average Bonchev–Trinajstić information content (AvgIpc) is 3.48. The van der Waals surface area contributed by atoms with Gasteiger partial charge in [0.2, 0.25) is 5.91 Å². The van der Waals surface area contributed by atoms with E-state index >= 15 is 0 Å². The molecule has 0 spiro atoms. The van der Waals surface area contributed by atoms with E-state index in [0.717, 1.165) is 48.4 Å². The van der Waals surface area contributed by atoms with Crippen molar-refractivity contribution < 1.29 is 4.79 Å². The number of nitrogens with one attached hydrogen (secondary N) is 1. The summed E-state index contributed by atoms with van der Waals surface area (Å²) in [5.74, 6) is 2.83. The lowest BCUT2D eigenvalue weighted by atomic mass is 10.1. The van der Waals surface area contributed by atoms with Crippen LogP contribution in [-0.2, 0) is 4.79 Å². The molecule has 1 amide bonds. The Morgan fingerprint density at radius 1 is 1.29 bits per heavy atom. The molecule has 0 saturated heterocycles. The van der Waals surface area contributed by atoms with Gasteiger partial charge in [-0.2, -0.15) is 0 Å². The first kappa shape index (κ1) is 20.8. The zero-order valence-corrected chi connectivity index (χ0v) is 18.1. The Hall–Kier alpha value is -1.88. The number of carbonyl (C=O) groups excluding carboxylic acids is 1. The summed E-state index contributed by atoms with van der Waals surface area (Å²) < 4.78 is 0. The third-order valence-corrected chi connectivity index (χ3v) is 5.35. The first-order valence-electron chi connectivity index (χ1n) is 10.4. The van der Waals surface area contributed by atoms with E-state index in [-0.39, 0.29) is 11.9 Å². The summed E-state index contributed by atoms with van der Waals surface area (Å²) in [6, 6.07) is 6.00. The summed E-state index contributed by atoms with van der Waals surface area (Å²) in [6.07, 6.45) is 3.68. The minimum Gasteiger partial charge on any atom is -0.355 e. The lowest BCUT2D eigenvalue weighted by Gasteiger charge is -2.27. The monoisotopic (exact) mass is 402 g/mol. The lowest BCUT2D eigenvalue weighted by Crippen LogP contribution is -2.37. The van der Waals surface area contributed by atoms with Crippen LogP contribution in [0.25, 0.3) is 10.9 Å². The fourth-order valence-electron chi connectivity index (χ4n) is 3.28. The Morgan fingerprint density at radius 3 is 2.68 bits per heavy atom. The van der Waals surface area contributed by atoms with Crippen molar-refractivity contribution in [2.75, 3.05) is 18.0 Å². The van der Waals surface area contributed by atoms with Gasteiger partial charge in [0.15, 0.2) is 0 Å². The SMILES string of the molecule is CC[C@@H](C)NC(=O)CCN(CC(C)C)c1nc(C2CC2)nc2cc(Cl)ccc12. The molecule has 3 rings (SSSR count). The first-order chi connectivity index (χ1) is 13.4. The van der Waals surface area contributed by atoms with E-state index in [9.17, 15) is 4.79 Å². The van der Waals surface area contributed by atoms with Gasteiger partial charge in [0.05, 0.1) is 5.52 Å². The Bertz CT molecular complexity index is 835. The molecular weight excluding hydrogens is 372 g/mol. The van der Waals surface area contributed by atoms with E-state index in [0.29, 0.717) is 29.8 Å². The number of carbonyl (C=O) groups is 1. The summed E-state index contributed by atoms with van der Waals surface area (Å²) in [5.41, 5.74) is 0.886. The third-order valence-electron chi connectivity index (χ3n) is 5.11. The zero-order valence-electron chi connectivity index (χ0n) is 17.3. The van der Waals surface area contributed by atoms with Crippen LogP contribution in [-0.4, -0.2) is 35.0 Å². The molecule has 1 atom stereocenters. The number of hydrogen-bond acceptors (Lipinski definition) is 4. The van der Waals surface area contributed by atoms with E-state index in [1.807, 2.05) is 25.1 Å². The molecular formula is C22H31ClN4O. The van der Waals surface area contributed by atoms with Gasteiger partial charge < -0.3 is 10.2 Å². The largest absolute Gasteiger partial charge is 0.355 e. The third kappa shape index (κ3) is 5.34. The van der Waals surface area contributed by atoms with Crippen molar-refractivity contribution in [3.05, 3.63) is 29.0 Å². The maximum absolute atomic E-state index is 12.3. The number of hydrogen-bond donors (Lipinski definition) is 1. The van der Waals surface area contributed by atoms with E-state index < -0.39 is 0 Å². The van der Waals surface area contributed by atoms with Crippen LogP contribution in [0.5, 0.6) is 0 Å². The maximum atomic E-state index is 12.3. The fourth-order valence-corrected chi connectivity index (χ4v) is 3.45. The van der Waals surface area contributed by atoms with Gasteiger partial charge in [-0.1, -0.05) is 32.4 Å². The molecule has 5 nitrogen and oxygen atoms in total. The highest BCUT2D eigenvalue weighted by Gasteiger charge is 2.28. The number of amides is 1. The van der Waals surface area contributed by atoms with Gasteiger partial charge in [0.25, 0.3) is 0 Å². The molecule has 0 radical (unpaired) electrons. The molecule has 0 unspecified atom stereocenters. The molecule has 1 aromatic heterocycles. The van der Waals surface area contributed by atoms with E-state index in [1.54, 1.807) is 0 Å². The van der Waals surface area contributed by atoms with Crippen molar-refractivity contribution >= 4 is 34.2 Å². The Morgan fingerprint density at radius 2 is 2.04 bits per heavy atom. The quantitative estimate of drug-likeness (QED) is 0.646. The van der Waals surface area contributed by atoms with Crippen LogP contribution in [0.4, 0.5) is 5.82 Å². The van der Waals surface area contributed by atoms with Crippen LogP contribution in [0.3, 0.4) is 0 Å². The van der Waals surface area contributed by atoms with Gasteiger partial charge in [-0.15, -0.1) is 0 Å². The topological polar surface area (TPSA) is 58.1 Å². The molecule has 1 aliphatic rings. The van der Waals surface area contributed by atoms with E-state index in [1.165, 1.54) is 0 Å². The Labute approximate surface area is 172 Å². The lowest BCUT2D eigenvalue weighted by molar-refractivity contribution is -0.121. The van der Waals surface area contributed by atoms with Gasteiger partial charge >= 0.3 is 0 Å². The summed E-state index contributed by atoms with van der Waals surface area (Å²) in [7, 11) is 0. The van der Waals surface area contributed by atoms with Crippen molar-refractivity contribution in [1.82, 2.24) is 15.3 Å². The highest BCUT2D eigenvalue weighted by molar-refractivity contribution is 6.31. The molecule has 6 heteroatoms. The smallest absolute Gasteiger partial charge is 0.221 e. The number of aromatic nitrogens is 2. The minimum absolute atomic E-state index is 0.0897. The van der Waals surface area contributed by atoms with Gasteiger partial charge in [-0.25, -0.2) is 9.97 Å². The van der Waals surface area contributed by atoms with Crippen LogP contribution in [0, 0.1) is 5.92 Å². The molecule has 28 heavy (non-hydrogen) atoms. The van der Waals surface area contributed by atoms with Crippen LogP contribution in [0.15, 0.2) is 18.2 Å². The molecule has 152 valence electrons. The standard InChI is InChI=1S/C22H31ClN4O/c1-5-15(4)24-20(28)10-11-27(13-14(2)3)22-18-9-8-17(23)12-19(18)25-21(26-22)16-6-7-16/h8-9,12,14-16H,5-7,10-11,13H2,1-4H3,(H,24,28)/t15-/m1/s1. The normalized spacial score (nSPS) is 15.1. The maximum Gasteiger partial charge on any atom is 0.221 e. The van der Waals surface area contributed by atoms with Crippen molar-refractivity contribution in [3.8, 4) is 0 Å². The number of nitrogens with zero attached hydrogens (tertiary/aromatic N) is 3. The molecule has 1 aromatic carbocycles. The molecule has 1 heterocycles. The van der Waals surface area contributed by atoms with Gasteiger partial charge in [0, 0.05) is 41.9 Å². The van der Waals surface area contributed by atoms with Gasteiger partial charge in [0.1, 0.15) is 11.6 Å². The van der Waals surface area contributed by atoms with E-state index in [4.69, 9.17) is 21.6 Å². The second kappa shape index (κ2) is 9.08. The number of rotatable bonds is 9. The van der Waals surface area contributed by atoms with Crippen LogP contribution in [0.2, 0.25) is 5.02 Å². The molecule has 0 aliphatic heterocycles. The molecule has 1 N–H and O–H groups in total. The van der Waals surface area contributed by atoms with Crippen LogP contribution >= 0.6 is 11.6 Å². The average molecular weight is 403 g/mol. The van der Waals surface area contributed by atoms with Crippen molar-refractivity contribution in [1.29, 1.82) is 0 Å². The van der Waals surface area contributed by atoms with Crippen molar-refractivity contribution in [3.63, 3.8) is 0 Å². The number of fused-ring (bicyclic) bond motifs is 1. The van der Waals surface area contributed by atoms with E-state index in [2.05, 4.69) is 31.0 Å². The molecule has 0 bridgehead atoms. The van der Waals surface area contributed by atoms with Crippen LogP contribution < -0.4 is 10.2 Å². The number of anilines is 1. The van der Waals surface area contributed by atoms with Crippen LogP contribution in [0.1, 0.15) is 65.1 Å². The molecule has 2 aromatic rings. The second-order valence-corrected chi connectivity index (χ2v) is 8.74. The van der Waals surface area contributed by atoms with Crippen molar-refractivity contribution in [2.24, 2.45) is 5.92 Å². The predicted molar refractivity (Wildman–Crippen MR) is 116 cm³/mol. The number of benzene rings is 1. The predicted octanol–water partition coefficient (Wildman–Crippen LogP) is 4.93. The van der Waals surface area contributed by atoms with Gasteiger partial charge in [-0.05, 0) is 50.3 Å². The first-order valence-corrected chi connectivity index (χ1v) is 10.8. The fraction of sp³-hybridized carbons (Fsp3) is 0.591. The highest BCUT2D eigenvalue weighted by Crippen LogP contribution is 2.40. The summed E-state index contributed by atoms with van der Waals surface area (Å²) >= 11 is 6.22.